The molecule has 1 spiro atoms. The lowest BCUT2D eigenvalue weighted by molar-refractivity contribution is -0.141. The van der Waals surface area contributed by atoms with Gasteiger partial charge in [-0.2, -0.15) is 0 Å². The summed E-state index contributed by atoms with van der Waals surface area (Å²) >= 11 is 6.24. The minimum atomic E-state index is -1.15. The summed E-state index contributed by atoms with van der Waals surface area (Å²) in [5.41, 5.74) is 0.315. The van der Waals surface area contributed by atoms with Crippen molar-refractivity contribution >= 4 is 35.0 Å². The molecule has 3 aliphatic heterocycles. The van der Waals surface area contributed by atoms with Gasteiger partial charge in [0.25, 0.3) is 0 Å². The van der Waals surface area contributed by atoms with Crippen LogP contribution < -0.4 is 10.6 Å². The Kier molecular flexibility index (Phi) is 7.12. The fourth-order valence-corrected chi connectivity index (χ4v) is 6.49. The van der Waals surface area contributed by atoms with E-state index in [1.54, 1.807) is 24.1 Å². The van der Waals surface area contributed by atoms with Gasteiger partial charge in [-0.3, -0.25) is 14.4 Å². The molecule has 194 valence electrons. The molecule has 3 amide bonds. The maximum atomic E-state index is 13.8. The average Bonchev–Trinajstić information content (AvgIpc) is 3.50. The van der Waals surface area contributed by atoms with Crippen molar-refractivity contribution in [2.75, 3.05) is 25.6 Å². The number of ether oxygens (including phenoxy) is 2. The van der Waals surface area contributed by atoms with E-state index in [4.69, 9.17) is 21.1 Å². The highest BCUT2D eigenvalue weighted by molar-refractivity contribution is 6.31. The van der Waals surface area contributed by atoms with Gasteiger partial charge < -0.3 is 25.0 Å². The van der Waals surface area contributed by atoms with Gasteiger partial charge in [-0.1, -0.05) is 49.1 Å². The molecule has 1 saturated carbocycles. The van der Waals surface area contributed by atoms with Gasteiger partial charge in [-0.15, -0.1) is 0 Å². The maximum absolute atomic E-state index is 13.8. The van der Waals surface area contributed by atoms with Gasteiger partial charge >= 0.3 is 0 Å². The summed E-state index contributed by atoms with van der Waals surface area (Å²) in [5.74, 6) is -2.23. The van der Waals surface area contributed by atoms with E-state index in [0.717, 1.165) is 31.2 Å². The van der Waals surface area contributed by atoms with Gasteiger partial charge in [0.05, 0.1) is 17.9 Å². The molecule has 9 heteroatoms. The summed E-state index contributed by atoms with van der Waals surface area (Å²) in [6.07, 6.45) is 8.93. The molecule has 0 aromatic heterocycles. The first-order valence-electron chi connectivity index (χ1n) is 12.9. The van der Waals surface area contributed by atoms with Gasteiger partial charge in [0.15, 0.2) is 0 Å². The molecule has 36 heavy (non-hydrogen) atoms. The van der Waals surface area contributed by atoms with E-state index < -0.39 is 29.6 Å². The molecule has 2 N–H and O–H groups in total. The van der Waals surface area contributed by atoms with Crippen LogP contribution in [0.25, 0.3) is 0 Å². The molecule has 1 aromatic rings. The van der Waals surface area contributed by atoms with E-state index >= 15 is 0 Å². The van der Waals surface area contributed by atoms with Crippen LogP contribution in [0.5, 0.6) is 0 Å². The fourth-order valence-electron chi connectivity index (χ4n) is 6.31. The Morgan fingerprint density at radius 3 is 2.72 bits per heavy atom. The number of methoxy groups -OCH3 is 1. The molecule has 3 fully saturated rings. The zero-order chi connectivity index (χ0) is 25.4. The number of rotatable bonds is 8. The Hall–Kier alpha value is -2.42. The van der Waals surface area contributed by atoms with Crippen LogP contribution in [0.1, 0.15) is 44.1 Å². The SMILES string of the molecule is COCCCN1C(=O)[C@@H]2[C@H](C(=O)Nc3ccc(C)c(Cl)c3)[C@@H]3C=C[C@@]2(O3)[C@H]1C(=O)NC1CCCCC1. The standard InChI is InChI=1S/C27H34ClN3O5/c1-16-9-10-18(15-19(16)28)30-24(32)21-20-11-12-27(36-20)22(21)26(34)31(13-6-14-35-2)23(27)25(33)29-17-7-4-3-5-8-17/h9-12,15,17,20-23H,3-8,13-14H2,1-2H3,(H,29,33)(H,30,32)/t20-,21+,22-,23+,27-/m0/s1. The topological polar surface area (TPSA) is 97.0 Å². The number of hydrogen-bond donors (Lipinski definition) is 2. The molecular weight excluding hydrogens is 482 g/mol. The second kappa shape index (κ2) is 10.1. The number of nitrogens with one attached hydrogen (secondary N) is 2. The molecule has 3 heterocycles. The number of carbonyl (C=O) groups excluding carboxylic acids is 3. The van der Waals surface area contributed by atoms with E-state index in [2.05, 4.69) is 10.6 Å². The quantitative estimate of drug-likeness (QED) is 0.409. The van der Waals surface area contributed by atoms with Crippen LogP contribution in [-0.2, 0) is 23.9 Å². The Labute approximate surface area is 216 Å². The van der Waals surface area contributed by atoms with Gasteiger partial charge in [-0.05, 0) is 43.9 Å². The largest absolute Gasteiger partial charge is 0.385 e. The van der Waals surface area contributed by atoms with Crippen molar-refractivity contribution in [2.24, 2.45) is 11.8 Å². The third-order valence-electron chi connectivity index (χ3n) is 8.06. The first-order chi connectivity index (χ1) is 17.4. The molecule has 4 aliphatic rings. The number of hydrogen-bond acceptors (Lipinski definition) is 5. The first kappa shape index (κ1) is 25.2. The number of benzene rings is 1. The van der Waals surface area contributed by atoms with E-state index in [1.165, 1.54) is 6.42 Å². The molecule has 1 aliphatic carbocycles. The highest BCUT2D eigenvalue weighted by atomic mass is 35.5. The third-order valence-corrected chi connectivity index (χ3v) is 8.47. The van der Waals surface area contributed by atoms with Crippen molar-refractivity contribution in [2.45, 2.75) is 69.2 Å². The highest BCUT2D eigenvalue weighted by Crippen LogP contribution is 2.55. The normalized spacial score (nSPS) is 31.1. The van der Waals surface area contributed by atoms with Gasteiger partial charge in [0.1, 0.15) is 11.6 Å². The lowest BCUT2D eigenvalue weighted by Gasteiger charge is -2.34. The highest BCUT2D eigenvalue weighted by Gasteiger charge is 2.72. The minimum Gasteiger partial charge on any atom is -0.385 e. The smallest absolute Gasteiger partial charge is 0.246 e. The van der Waals surface area contributed by atoms with Crippen molar-refractivity contribution in [1.29, 1.82) is 0 Å². The second-order valence-corrected chi connectivity index (χ2v) is 10.8. The summed E-state index contributed by atoms with van der Waals surface area (Å²) in [7, 11) is 1.61. The number of amides is 3. The second-order valence-electron chi connectivity index (χ2n) is 10.4. The predicted molar refractivity (Wildman–Crippen MR) is 136 cm³/mol. The van der Waals surface area contributed by atoms with E-state index in [-0.39, 0.29) is 23.8 Å². The van der Waals surface area contributed by atoms with Gasteiger partial charge in [0, 0.05) is 37.0 Å². The zero-order valence-electron chi connectivity index (χ0n) is 20.8. The number of likely N-dealkylation sites (tertiary alicyclic amines) is 1. The summed E-state index contributed by atoms with van der Waals surface area (Å²) < 4.78 is 11.6. The molecule has 0 radical (unpaired) electrons. The summed E-state index contributed by atoms with van der Waals surface area (Å²) in [5, 5.41) is 6.66. The fraction of sp³-hybridized carbons (Fsp3) is 0.593. The zero-order valence-corrected chi connectivity index (χ0v) is 21.6. The average molecular weight is 516 g/mol. The Bertz CT molecular complexity index is 1070. The van der Waals surface area contributed by atoms with Crippen molar-refractivity contribution in [3.63, 3.8) is 0 Å². The number of halogens is 1. The van der Waals surface area contributed by atoms with E-state index in [1.807, 2.05) is 25.1 Å². The monoisotopic (exact) mass is 515 g/mol. The van der Waals surface area contributed by atoms with Crippen LogP contribution >= 0.6 is 11.6 Å². The lowest BCUT2D eigenvalue weighted by Crippen LogP contribution is -2.56. The van der Waals surface area contributed by atoms with Crippen LogP contribution in [0, 0.1) is 18.8 Å². The van der Waals surface area contributed by atoms with Crippen molar-refractivity contribution in [1.82, 2.24) is 10.2 Å². The number of anilines is 1. The summed E-state index contributed by atoms with van der Waals surface area (Å²) in [6.45, 7) is 2.72. The first-order valence-corrected chi connectivity index (χ1v) is 13.3. The maximum Gasteiger partial charge on any atom is 0.246 e. The van der Waals surface area contributed by atoms with Crippen LogP contribution in [0.4, 0.5) is 5.69 Å². The molecule has 5 atom stereocenters. The Morgan fingerprint density at radius 1 is 1.22 bits per heavy atom. The van der Waals surface area contributed by atoms with Gasteiger partial charge in [-0.25, -0.2) is 0 Å². The molecule has 2 saturated heterocycles. The van der Waals surface area contributed by atoms with Crippen LogP contribution in [0.3, 0.4) is 0 Å². The van der Waals surface area contributed by atoms with Crippen LogP contribution in [0.2, 0.25) is 5.02 Å². The van der Waals surface area contributed by atoms with E-state index in [0.29, 0.717) is 30.3 Å². The molecule has 1 aromatic carbocycles. The van der Waals surface area contributed by atoms with Crippen LogP contribution in [-0.4, -0.2) is 66.7 Å². The van der Waals surface area contributed by atoms with Crippen molar-refractivity contribution in [3.8, 4) is 0 Å². The summed E-state index contributed by atoms with van der Waals surface area (Å²) in [6, 6.07) is 4.60. The third kappa shape index (κ3) is 4.33. The van der Waals surface area contributed by atoms with Crippen molar-refractivity contribution < 1.29 is 23.9 Å². The number of aryl methyl sites for hydroxylation is 1. The predicted octanol–water partition coefficient (Wildman–Crippen LogP) is 3.22. The number of fused-ring (bicyclic) bond motifs is 1. The Morgan fingerprint density at radius 2 is 2.00 bits per heavy atom. The van der Waals surface area contributed by atoms with Crippen molar-refractivity contribution in [3.05, 3.63) is 40.9 Å². The van der Waals surface area contributed by atoms with Gasteiger partial charge in [0.2, 0.25) is 17.7 Å². The minimum absolute atomic E-state index is 0.102. The Balaban J connectivity index is 1.41. The molecule has 5 rings (SSSR count). The number of nitrogens with zero attached hydrogens (tertiary/aromatic N) is 1. The van der Waals surface area contributed by atoms with Crippen LogP contribution in [0.15, 0.2) is 30.4 Å². The molecular formula is C27H34ClN3O5. The van der Waals surface area contributed by atoms with E-state index in [9.17, 15) is 14.4 Å². The number of carbonyl (C=O) groups is 3. The molecule has 0 unspecified atom stereocenters. The lowest BCUT2D eigenvalue weighted by atomic mass is 9.74. The molecule has 8 nitrogen and oxygen atoms in total. The summed E-state index contributed by atoms with van der Waals surface area (Å²) in [4.78, 5) is 42.6. The molecule has 2 bridgehead atoms.